The predicted octanol–water partition coefficient (Wildman–Crippen LogP) is 8.32. The van der Waals surface area contributed by atoms with Gasteiger partial charge in [-0.25, -0.2) is 0 Å². The third kappa shape index (κ3) is 3.32. The zero-order valence-electron chi connectivity index (χ0n) is 19.1. The van der Waals surface area contributed by atoms with Crippen LogP contribution >= 0.6 is 0 Å². The summed E-state index contributed by atoms with van der Waals surface area (Å²) in [4.78, 5) is 4.65. The van der Waals surface area contributed by atoms with E-state index in [0.29, 0.717) is 0 Å². The van der Waals surface area contributed by atoms with Gasteiger partial charge in [0.15, 0.2) is 0 Å². The summed E-state index contributed by atoms with van der Waals surface area (Å²) in [6, 6.07) is 43.1. The summed E-state index contributed by atoms with van der Waals surface area (Å²) in [6.07, 6.45) is 1.99. The van der Waals surface area contributed by atoms with Crippen molar-refractivity contribution in [2.75, 3.05) is 5.32 Å². The first-order valence-corrected chi connectivity index (χ1v) is 11.9. The highest BCUT2D eigenvalue weighted by Gasteiger charge is 2.17. The Kier molecular flexibility index (Phi) is 4.52. The van der Waals surface area contributed by atoms with Gasteiger partial charge in [0.25, 0.3) is 0 Å². The minimum absolute atomic E-state index is 0.0607. The van der Waals surface area contributed by atoms with E-state index in [1.165, 1.54) is 38.5 Å². The SMILES string of the molecule is C1=Nc2ccccc2NC1c1ccc(-n2c3ccccc3c3cc(-c4ccccc4)ccc32)cc1. The molecule has 7 rings (SSSR count). The van der Waals surface area contributed by atoms with Crippen molar-refractivity contribution in [3.63, 3.8) is 0 Å². The number of benzene rings is 5. The maximum absolute atomic E-state index is 4.65. The van der Waals surface area contributed by atoms with E-state index in [9.17, 15) is 0 Å². The molecule has 1 aromatic heterocycles. The quantitative estimate of drug-likeness (QED) is 0.289. The van der Waals surface area contributed by atoms with Crippen molar-refractivity contribution in [3.8, 4) is 16.8 Å². The smallest absolute Gasteiger partial charge is 0.0870 e. The second-order valence-electron chi connectivity index (χ2n) is 8.96. The molecule has 0 saturated heterocycles. The maximum Gasteiger partial charge on any atom is 0.0870 e. The average molecular weight is 450 g/mol. The van der Waals surface area contributed by atoms with Crippen molar-refractivity contribution >= 4 is 39.4 Å². The molecule has 1 N–H and O–H groups in total. The number of rotatable bonds is 3. The van der Waals surface area contributed by atoms with Crippen LogP contribution in [0.4, 0.5) is 11.4 Å². The summed E-state index contributed by atoms with van der Waals surface area (Å²) >= 11 is 0. The summed E-state index contributed by atoms with van der Waals surface area (Å²) in [6.45, 7) is 0. The van der Waals surface area contributed by atoms with E-state index in [2.05, 4.69) is 118 Å². The topological polar surface area (TPSA) is 29.3 Å². The molecule has 1 atom stereocenters. The van der Waals surface area contributed by atoms with Crippen molar-refractivity contribution in [1.29, 1.82) is 0 Å². The minimum atomic E-state index is 0.0607. The molecule has 0 fully saturated rings. The van der Waals surface area contributed by atoms with Gasteiger partial charge < -0.3 is 9.88 Å². The van der Waals surface area contributed by atoms with Crippen LogP contribution in [-0.2, 0) is 0 Å². The first kappa shape index (κ1) is 19.8. The normalized spacial score (nSPS) is 14.7. The van der Waals surface area contributed by atoms with Crippen molar-refractivity contribution in [1.82, 2.24) is 4.57 Å². The molecule has 6 aromatic rings. The van der Waals surface area contributed by atoms with Crippen LogP contribution in [0.3, 0.4) is 0 Å². The number of aromatic nitrogens is 1. The Bertz CT molecular complexity index is 1710. The molecule has 1 aliphatic heterocycles. The molecule has 2 heterocycles. The Balaban J connectivity index is 1.31. The largest absolute Gasteiger partial charge is 0.372 e. The summed E-state index contributed by atoms with van der Waals surface area (Å²) in [5, 5.41) is 6.13. The van der Waals surface area contributed by atoms with E-state index < -0.39 is 0 Å². The number of fused-ring (bicyclic) bond motifs is 4. The van der Waals surface area contributed by atoms with E-state index in [-0.39, 0.29) is 6.04 Å². The molecule has 0 saturated carbocycles. The van der Waals surface area contributed by atoms with Gasteiger partial charge in [0.1, 0.15) is 0 Å². The summed E-state index contributed by atoms with van der Waals surface area (Å²) in [7, 11) is 0. The monoisotopic (exact) mass is 449 g/mol. The maximum atomic E-state index is 4.65. The van der Waals surface area contributed by atoms with Crippen LogP contribution < -0.4 is 5.32 Å². The fourth-order valence-electron chi connectivity index (χ4n) is 5.13. The highest BCUT2D eigenvalue weighted by atomic mass is 15.0. The lowest BCUT2D eigenvalue weighted by atomic mass is 10.0. The summed E-state index contributed by atoms with van der Waals surface area (Å²) < 4.78 is 2.36. The summed E-state index contributed by atoms with van der Waals surface area (Å²) in [5.74, 6) is 0. The lowest BCUT2D eigenvalue weighted by Gasteiger charge is -2.22. The molecule has 0 amide bonds. The zero-order valence-corrected chi connectivity index (χ0v) is 19.1. The second kappa shape index (κ2) is 8.00. The molecule has 3 heteroatoms. The fourth-order valence-corrected chi connectivity index (χ4v) is 5.13. The lowest BCUT2D eigenvalue weighted by Crippen LogP contribution is -2.15. The third-order valence-corrected chi connectivity index (χ3v) is 6.87. The first-order chi connectivity index (χ1) is 17.3. The first-order valence-electron chi connectivity index (χ1n) is 11.9. The highest BCUT2D eigenvalue weighted by Crippen LogP contribution is 2.36. The van der Waals surface area contributed by atoms with Gasteiger partial charge in [-0.1, -0.05) is 78.9 Å². The standard InChI is InChI=1S/C32H23N3/c1-2-8-22(9-3-1)24-16-19-32-27(20-24)26-10-4-7-13-31(26)35(32)25-17-14-23(15-18-25)30-21-33-28-11-5-6-12-29(28)34-30/h1-21,30,34H. The summed E-state index contributed by atoms with van der Waals surface area (Å²) in [5.41, 5.74) is 9.30. The van der Waals surface area contributed by atoms with Crippen molar-refractivity contribution in [3.05, 3.63) is 127 Å². The van der Waals surface area contributed by atoms with Gasteiger partial charge in [-0.05, 0) is 59.2 Å². The molecule has 0 radical (unpaired) electrons. The van der Waals surface area contributed by atoms with E-state index >= 15 is 0 Å². The molecule has 5 aromatic carbocycles. The Hall–Kier alpha value is -4.63. The van der Waals surface area contributed by atoms with Crippen LogP contribution in [0, 0.1) is 0 Å². The van der Waals surface area contributed by atoms with Crippen LogP contribution in [0.25, 0.3) is 38.6 Å². The number of aliphatic imine (C=N–C) groups is 1. The molecule has 166 valence electrons. The predicted molar refractivity (Wildman–Crippen MR) is 147 cm³/mol. The van der Waals surface area contributed by atoms with E-state index in [0.717, 1.165) is 17.1 Å². The van der Waals surface area contributed by atoms with Crippen LogP contribution in [0.5, 0.6) is 0 Å². The average Bonchev–Trinajstić information content (AvgIpc) is 3.27. The van der Waals surface area contributed by atoms with Gasteiger partial charge in [-0.2, -0.15) is 0 Å². The van der Waals surface area contributed by atoms with Crippen LogP contribution in [0.1, 0.15) is 11.6 Å². The second-order valence-corrected chi connectivity index (χ2v) is 8.96. The van der Waals surface area contributed by atoms with E-state index in [1.807, 2.05) is 24.4 Å². The molecule has 35 heavy (non-hydrogen) atoms. The van der Waals surface area contributed by atoms with Gasteiger partial charge in [-0.3, -0.25) is 4.99 Å². The lowest BCUT2D eigenvalue weighted by molar-refractivity contribution is 1.04. The number of para-hydroxylation sites is 3. The molecular weight excluding hydrogens is 426 g/mol. The Morgan fingerprint density at radius 3 is 2.23 bits per heavy atom. The van der Waals surface area contributed by atoms with E-state index in [1.54, 1.807) is 0 Å². The number of hydrogen-bond donors (Lipinski definition) is 1. The molecule has 0 spiro atoms. The Morgan fingerprint density at radius 2 is 1.34 bits per heavy atom. The van der Waals surface area contributed by atoms with Gasteiger partial charge >= 0.3 is 0 Å². The molecule has 0 bridgehead atoms. The minimum Gasteiger partial charge on any atom is -0.372 e. The molecule has 1 unspecified atom stereocenters. The Morgan fingerprint density at radius 1 is 0.600 bits per heavy atom. The van der Waals surface area contributed by atoms with Crippen LogP contribution in [-0.4, -0.2) is 10.8 Å². The number of hydrogen-bond acceptors (Lipinski definition) is 2. The van der Waals surface area contributed by atoms with Crippen LogP contribution in [0.15, 0.2) is 126 Å². The van der Waals surface area contributed by atoms with Gasteiger partial charge in [0.2, 0.25) is 0 Å². The van der Waals surface area contributed by atoms with Gasteiger partial charge in [0, 0.05) is 22.7 Å². The van der Waals surface area contributed by atoms with Gasteiger partial charge in [-0.15, -0.1) is 0 Å². The number of nitrogens with one attached hydrogen (secondary N) is 1. The fraction of sp³-hybridized carbons (Fsp3) is 0.0312. The number of anilines is 1. The van der Waals surface area contributed by atoms with Crippen molar-refractivity contribution in [2.45, 2.75) is 6.04 Å². The third-order valence-electron chi connectivity index (χ3n) is 6.87. The zero-order chi connectivity index (χ0) is 23.2. The van der Waals surface area contributed by atoms with Crippen molar-refractivity contribution < 1.29 is 0 Å². The Labute approximate surface area is 204 Å². The molecule has 3 nitrogen and oxygen atoms in total. The molecule has 0 aliphatic carbocycles. The molecule has 1 aliphatic rings. The van der Waals surface area contributed by atoms with Crippen LogP contribution in [0.2, 0.25) is 0 Å². The van der Waals surface area contributed by atoms with Gasteiger partial charge in [0.05, 0.1) is 28.5 Å². The van der Waals surface area contributed by atoms with Crippen molar-refractivity contribution in [2.24, 2.45) is 4.99 Å². The number of nitrogens with zero attached hydrogens (tertiary/aromatic N) is 2. The molecular formula is C32H23N3. The highest BCUT2D eigenvalue weighted by molar-refractivity contribution is 6.10. The van der Waals surface area contributed by atoms with E-state index in [4.69, 9.17) is 0 Å².